The van der Waals surface area contributed by atoms with E-state index in [1.807, 2.05) is 30.5 Å². The highest BCUT2D eigenvalue weighted by atomic mass is 19.1. The Hall–Kier alpha value is -6.76. The summed E-state index contributed by atoms with van der Waals surface area (Å²) in [6.45, 7) is 11.0. The average Bonchev–Trinajstić information content (AvgIpc) is 3.93. The number of halogens is 1. The second-order valence-electron chi connectivity index (χ2n) is 19.9. The van der Waals surface area contributed by atoms with Crippen LogP contribution in [-0.4, -0.2) is 120 Å². The largest absolute Gasteiger partial charge is 0.392 e. The summed E-state index contributed by atoms with van der Waals surface area (Å²) in [5, 5.41) is 16.3. The summed E-state index contributed by atoms with van der Waals surface area (Å²) in [7, 11) is 1.68. The Morgan fingerprint density at radius 2 is 1.72 bits per heavy atom. The third-order valence-electron chi connectivity index (χ3n) is 14.7. The first-order chi connectivity index (χ1) is 32.7. The Bertz CT molecular complexity index is 2970. The van der Waals surface area contributed by atoms with Crippen LogP contribution in [0.5, 0.6) is 0 Å². The van der Waals surface area contributed by atoms with Gasteiger partial charge in [-0.3, -0.25) is 44.0 Å². The van der Waals surface area contributed by atoms with Crippen molar-refractivity contribution in [2.24, 2.45) is 12.5 Å². The van der Waals surface area contributed by atoms with E-state index in [-0.39, 0.29) is 54.3 Å². The van der Waals surface area contributed by atoms with Gasteiger partial charge in [-0.1, -0.05) is 19.9 Å². The molecule has 4 aromatic heterocycles. The fourth-order valence-electron chi connectivity index (χ4n) is 11.3. The third kappa shape index (κ3) is 7.73. The molecule has 5 aromatic rings. The molecule has 1 aromatic carbocycles. The van der Waals surface area contributed by atoms with Gasteiger partial charge in [-0.25, -0.2) is 14.4 Å². The molecule has 6 aliphatic rings. The lowest BCUT2D eigenvalue weighted by molar-refractivity contribution is -0.136. The molecule has 1 atom stereocenters. The molecule has 1 unspecified atom stereocenters. The van der Waals surface area contributed by atoms with Crippen LogP contribution in [0.4, 0.5) is 27.4 Å². The van der Waals surface area contributed by atoms with Crippen LogP contribution in [0.3, 0.4) is 0 Å². The van der Waals surface area contributed by atoms with E-state index in [0.29, 0.717) is 70.9 Å². The number of rotatable bonds is 10. The molecule has 0 bridgehead atoms. The number of fused-ring (bicyclic) bond motifs is 4. The molecule has 9 heterocycles. The Kier molecular flexibility index (Phi) is 10.8. The molecule has 1 aliphatic carbocycles. The normalized spacial score (nSPS) is 20.7. The fraction of sp³-hybridized carbons (Fsp3) is 0.420. The minimum absolute atomic E-state index is 0.0145. The molecule has 3 N–H and O–H groups in total. The van der Waals surface area contributed by atoms with Gasteiger partial charge in [0, 0.05) is 114 Å². The molecular weight excluding hydrogens is 870 g/mol. The van der Waals surface area contributed by atoms with Gasteiger partial charge in [-0.2, -0.15) is 0 Å². The van der Waals surface area contributed by atoms with Crippen molar-refractivity contribution in [1.82, 2.24) is 39.1 Å². The van der Waals surface area contributed by atoms with Crippen LogP contribution in [0.15, 0.2) is 65.8 Å². The number of carbonyl (C=O) groups excluding carboxylic acids is 4. The number of piperidine rings is 1. The minimum atomic E-state index is -0.784. The fourth-order valence-corrected chi connectivity index (χ4v) is 11.3. The quantitative estimate of drug-likeness (QED) is 0.174. The van der Waals surface area contributed by atoms with Gasteiger partial charge in [0.05, 0.1) is 24.1 Å². The Labute approximate surface area is 392 Å². The van der Waals surface area contributed by atoms with Gasteiger partial charge in [0.15, 0.2) is 0 Å². The van der Waals surface area contributed by atoms with E-state index < -0.39 is 23.7 Å². The Morgan fingerprint density at radius 3 is 2.47 bits per heavy atom. The van der Waals surface area contributed by atoms with E-state index in [2.05, 4.69) is 53.7 Å². The number of amides is 4. The number of anilines is 4. The van der Waals surface area contributed by atoms with Gasteiger partial charge in [0.1, 0.15) is 34.9 Å². The van der Waals surface area contributed by atoms with Gasteiger partial charge in [-0.05, 0) is 83.3 Å². The number of nitrogens with zero attached hydrogens (tertiary/aromatic N) is 9. The van der Waals surface area contributed by atoms with Crippen molar-refractivity contribution >= 4 is 46.6 Å². The van der Waals surface area contributed by atoms with Gasteiger partial charge < -0.3 is 29.4 Å². The molecule has 3 fully saturated rings. The number of hydrogen-bond donors (Lipinski definition) is 3. The summed E-state index contributed by atoms with van der Waals surface area (Å²) in [6.07, 6.45) is 7.42. The summed E-state index contributed by atoms with van der Waals surface area (Å²) in [5.41, 5.74) is 7.56. The number of aromatic nitrogens is 4. The first kappa shape index (κ1) is 43.8. The molecule has 4 amide bonds. The first-order valence-corrected chi connectivity index (χ1v) is 23.5. The predicted molar refractivity (Wildman–Crippen MR) is 251 cm³/mol. The molecule has 5 aliphatic heterocycles. The number of likely N-dealkylation sites (tertiary alicyclic amines) is 1. The van der Waals surface area contributed by atoms with E-state index in [0.717, 1.165) is 63.4 Å². The second kappa shape index (κ2) is 16.8. The SMILES string of the molecule is Cn1cc(-c2ccnc(N3CCn4c(cc5c4CC(C)(C)C5)C3=O)c2CO)cc(Nc2ccc(N3CCN(C4CN(Cc5cc(F)c6c(c5)CN(C5CCC(=O)NC5=O)C6=O)C4)CC3)cn2)c1=O. The highest BCUT2D eigenvalue weighted by Gasteiger charge is 2.42. The molecule has 68 heavy (non-hydrogen) atoms. The van der Waals surface area contributed by atoms with Crippen LogP contribution in [0.25, 0.3) is 11.1 Å². The van der Waals surface area contributed by atoms with Gasteiger partial charge in [0.2, 0.25) is 11.8 Å². The van der Waals surface area contributed by atoms with Crippen LogP contribution in [0, 0.1) is 11.2 Å². The Balaban J connectivity index is 0.699. The van der Waals surface area contributed by atoms with Crippen molar-refractivity contribution in [3.8, 4) is 11.1 Å². The molecule has 3 saturated heterocycles. The molecule has 11 rings (SSSR count). The maximum Gasteiger partial charge on any atom is 0.276 e. The maximum absolute atomic E-state index is 15.3. The predicted octanol–water partition coefficient (Wildman–Crippen LogP) is 3.57. The highest BCUT2D eigenvalue weighted by Crippen LogP contribution is 2.40. The van der Waals surface area contributed by atoms with E-state index >= 15 is 4.39 Å². The van der Waals surface area contributed by atoms with E-state index in [9.17, 15) is 29.1 Å². The number of hydrogen-bond acceptors (Lipinski definition) is 12. The van der Waals surface area contributed by atoms with E-state index in [1.54, 1.807) is 36.5 Å². The van der Waals surface area contributed by atoms with Crippen molar-refractivity contribution in [2.75, 3.05) is 60.9 Å². The number of aryl methyl sites for hydroxylation is 1. The zero-order valence-corrected chi connectivity index (χ0v) is 38.4. The van der Waals surface area contributed by atoms with Crippen LogP contribution in [0.1, 0.15) is 75.5 Å². The van der Waals surface area contributed by atoms with Gasteiger partial charge in [0.25, 0.3) is 17.4 Å². The minimum Gasteiger partial charge on any atom is -0.392 e. The number of imide groups is 1. The maximum atomic E-state index is 15.3. The summed E-state index contributed by atoms with van der Waals surface area (Å²) in [4.78, 5) is 84.0. The highest BCUT2D eigenvalue weighted by molar-refractivity contribution is 6.07. The van der Waals surface area contributed by atoms with Gasteiger partial charge in [-0.15, -0.1) is 0 Å². The molecule has 18 heteroatoms. The molecule has 0 spiro atoms. The van der Waals surface area contributed by atoms with Gasteiger partial charge >= 0.3 is 0 Å². The van der Waals surface area contributed by atoms with Crippen LogP contribution < -0.4 is 26.0 Å². The Morgan fingerprint density at radius 1 is 0.912 bits per heavy atom. The summed E-state index contributed by atoms with van der Waals surface area (Å²) in [6, 6.07) is 12.3. The van der Waals surface area contributed by atoms with Crippen molar-refractivity contribution < 1.29 is 28.7 Å². The van der Waals surface area contributed by atoms with E-state index in [4.69, 9.17) is 0 Å². The average molecular weight is 924 g/mol. The number of pyridine rings is 3. The number of aliphatic hydroxyl groups excluding tert-OH is 1. The monoisotopic (exact) mass is 923 g/mol. The van der Waals surface area contributed by atoms with Crippen molar-refractivity contribution in [2.45, 2.75) is 77.9 Å². The number of carbonyl (C=O) groups is 4. The number of piperazine rings is 1. The van der Waals surface area contributed by atoms with Crippen molar-refractivity contribution in [3.05, 3.63) is 116 Å². The molecule has 0 radical (unpaired) electrons. The second-order valence-corrected chi connectivity index (χ2v) is 19.9. The van der Waals surface area contributed by atoms with Crippen LogP contribution >= 0.6 is 0 Å². The van der Waals surface area contributed by atoms with Crippen LogP contribution in [-0.2, 0) is 55.7 Å². The lowest BCUT2D eigenvalue weighted by Crippen LogP contribution is -2.62. The zero-order chi connectivity index (χ0) is 47.2. The number of nitrogens with one attached hydrogen (secondary N) is 2. The number of benzene rings is 1. The standard InChI is InChI=1S/C50H54FN11O6/c1-50(2)20-30-19-40-48(67)61(15-14-60(40)41(30)21-50)45-36(28-63)35(8-9-52-45)31-18-38(47(66)56(3)24-31)54-42-6-4-33(22-53-42)58-10-12-59(13-11-58)34-26-57(27-34)23-29-16-32-25-62(49(68)44(32)37(51)17-29)39-5-7-43(64)55-46(39)65/h4,6,8-9,16-19,22,24,34,39,63H,5,7,10-15,20-21,23,25-28H2,1-3H3,(H,53,54)(H,55,64,65). The third-order valence-corrected chi connectivity index (χ3v) is 14.7. The van der Waals surface area contributed by atoms with Crippen molar-refractivity contribution in [3.63, 3.8) is 0 Å². The molecular formula is C50H54FN11O6. The zero-order valence-electron chi connectivity index (χ0n) is 38.4. The van der Waals surface area contributed by atoms with E-state index in [1.165, 1.54) is 26.8 Å². The number of aliphatic hydroxyl groups is 1. The summed E-state index contributed by atoms with van der Waals surface area (Å²) < 4.78 is 19.0. The molecule has 352 valence electrons. The molecule has 0 saturated carbocycles. The van der Waals surface area contributed by atoms with Crippen molar-refractivity contribution in [1.29, 1.82) is 0 Å². The topological polar surface area (TPSA) is 181 Å². The van der Waals surface area contributed by atoms with Crippen LogP contribution in [0.2, 0.25) is 0 Å². The summed E-state index contributed by atoms with van der Waals surface area (Å²) in [5.74, 6) is -1.18. The lowest BCUT2D eigenvalue weighted by atomic mass is 9.90. The summed E-state index contributed by atoms with van der Waals surface area (Å²) >= 11 is 0. The first-order valence-electron chi connectivity index (χ1n) is 23.5. The lowest BCUT2D eigenvalue weighted by Gasteiger charge is -2.48. The smallest absolute Gasteiger partial charge is 0.276 e. The molecule has 17 nitrogen and oxygen atoms in total.